The lowest BCUT2D eigenvalue weighted by Crippen LogP contribution is -2.41. The number of anilines is 1. The smallest absolute Gasteiger partial charge is 0.253 e. The summed E-state index contributed by atoms with van der Waals surface area (Å²) in [5.41, 5.74) is 2.92. The van der Waals surface area contributed by atoms with E-state index in [4.69, 9.17) is 16.3 Å². The van der Waals surface area contributed by atoms with E-state index in [0.29, 0.717) is 60.4 Å². The molecular weight excluding hydrogens is 488 g/mol. The summed E-state index contributed by atoms with van der Waals surface area (Å²) in [6, 6.07) is 21.6. The summed E-state index contributed by atoms with van der Waals surface area (Å²) in [4.78, 5) is 35.2. The van der Waals surface area contributed by atoms with Crippen molar-refractivity contribution in [2.75, 3.05) is 31.5 Å². The number of rotatable bonds is 2. The standard InChI is InChI=1S/C29H25ClN4O3/c30-21-9-11-26-24(18-21)32-27(22-6-1-2-7-25(22)37-26)29(36)34-14-4-13-33(15-16-34)28(35)20-8-10-23-19(17-20)5-3-12-31-23/h1-3,5-12,17-18,27,32H,4,13-16H2. The predicted octanol–water partition coefficient (Wildman–Crippen LogP) is 5.52. The molecule has 3 aromatic carbocycles. The minimum absolute atomic E-state index is 0.0324. The van der Waals surface area contributed by atoms with Crippen molar-refractivity contribution in [2.45, 2.75) is 12.5 Å². The summed E-state index contributed by atoms with van der Waals surface area (Å²) in [7, 11) is 0. The van der Waals surface area contributed by atoms with Crippen LogP contribution in [0.1, 0.15) is 28.4 Å². The average molecular weight is 513 g/mol. The number of benzene rings is 3. The Bertz CT molecular complexity index is 1510. The van der Waals surface area contributed by atoms with E-state index in [1.165, 1.54) is 0 Å². The minimum Gasteiger partial charge on any atom is -0.455 e. The number of carbonyl (C=O) groups is 2. The lowest BCUT2D eigenvalue weighted by atomic mass is 10.0. The van der Waals surface area contributed by atoms with Gasteiger partial charge in [-0.25, -0.2) is 0 Å². The first-order valence-electron chi connectivity index (χ1n) is 12.3. The van der Waals surface area contributed by atoms with E-state index >= 15 is 0 Å². The fourth-order valence-corrected chi connectivity index (χ4v) is 5.15. The van der Waals surface area contributed by atoms with E-state index in [2.05, 4.69) is 10.3 Å². The van der Waals surface area contributed by atoms with Crippen molar-refractivity contribution >= 4 is 40.0 Å². The van der Waals surface area contributed by atoms with Gasteiger partial charge < -0.3 is 19.9 Å². The molecule has 1 N–H and O–H groups in total. The third kappa shape index (κ3) is 4.58. The number of halogens is 1. The average Bonchev–Trinajstić information content (AvgIpc) is 3.27. The lowest BCUT2D eigenvalue weighted by molar-refractivity contribution is -0.132. The minimum atomic E-state index is -0.633. The first-order chi connectivity index (χ1) is 18.1. The van der Waals surface area contributed by atoms with Gasteiger partial charge in [0.15, 0.2) is 5.75 Å². The van der Waals surface area contributed by atoms with Crippen LogP contribution >= 0.6 is 11.6 Å². The monoisotopic (exact) mass is 512 g/mol. The molecule has 8 heteroatoms. The van der Waals surface area contributed by atoms with Crippen molar-refractivity contribution in [2.24, 2.45) is 0 Å². The molecule has 6 rings (SSSR count). The van der Waals surface area contributed by atoms with Crippen LogP contribution in [0, 0.1) is 0 Å². The number of nitrogens with zero attached hydrogens (tertiary/aromatic N) is 3. The quantitative estimate of drug-likeness (QED) is 0.382. The Hall–Kier alpha value is -4.10. The molecular formula is C29H25ClN4O3. The van der Waals surface area contributed by atoms with Crippen LogP contribution < -0.4 is 10.1 Å². The van der Waals surface area contributed by atoms with Crippen LogP contribution in [-0.2, 0) is 4.79 Å². The van der Waals surface area contributed by atoms with Gasteiger partial charge in [0.2, 0.25) is 5.91 Å². The molecule has 0 saturated carbocycles. The molecule has 186 valence electrons. The van der Waals surface area contributed by atoms with Gasteiger partial charge in [0.05, 0.1) is 11.2 Å². The zero-order valence-corrected chi connectivity index (χ0v) is 20.8. The zero-order valence-electron chi connectivity index (χ0n) is 20.1. The molecule has 2 aliphatic heterocycles. The number of hydrogen-bond acceptors (Lipinski definition) is 5. The number of hydrogen-bond donors (Lipinski definition) is 1. The van der Waals surface area contributed by atoms with Crippen molar-refractivity contribution in [1.29, 1.82) is 0 Å². The Morgan fingerprint density at radius 3 is 2.65 bits per heavy atom. The second kappa shape index (κ2) is 9.75. The highest BCUT2D eigenvalue weighted by molar-refractivity contribution is 6.31. The molecule has 1 atom stereocenters. The van der Waals surface area contributed by atoms with Crippen LogP contribution in [0.3, 0.4) is 0 Å². The number of aromatic nitrogens is 1. The molecule has 3 heterocycles. The van der Waals surface area contributed by atoms with Crippen molar-refractivity contribution < 1.29 is 14.3 Å². The second-order valence-electron chi connectivity index (χ2n) is 9.24. The van der Waals surface area contributed by atoms with E-state index in [1.807, 2.05) is 64.4 Å². The van der Waals surface area contributed by atoms with Gasteiger partial charge in [-0.15, -0.1) is 0 Å². The molecule has 4 aromatic rings. The number of pyridine rings is 1. The third-order valence-electron chi connectivity index (χ3n) is 6.88. The molecule has 2 amide bonds. The number of fused-ring (bicyclic) bond motifs is 3. The van der Waals surface area contributed by atoms with Gasteiger partial charge in [0.25, 0.3) is 5.91 Å². The van der Waals surface area contributed by atoms with Crippen LogP contribution in [0.2, 0.25) is 5.02 Å². The molecule has 1 saturated heterocycles. The molecule has 0 radical (unpaired) electrons. The van der Waals surface area contributed by atoms with E-state index in [-0.39, 0.29) is 11.8 Å². The Balaban J connectivity index is 1.22. The predicted molar refractivity (Wildman–Crippen MR) is 143 cm³/mol. The highest BCUT2D eigenvalue weighted by Gasteiger charge is 2.33. The summed E-state index contributed by atoms with van der Waals surface area (Å²) < 4.78 is 6.13. The topological polar surface area (TPSA) is 74.8 Å². The molecule has 0 aliphatic carbocycles. The van der Waals surface area contributed by atoms with Crippen LogP contribution in [0.5, 0.6) is 11.5 Å². The number of amides is 2. The summed E-state index contributed by atoms with van der Waals surface area (Å²) in [5.74, 6) is 1.15. The fraction of sp³-hybridized carbons (Fsp3) is 0.207. The molecule has 0 bridgehead atoms. The van der Waals surface area contributed by atoms with Crippen molar-refractivity contribution in [1.82, 2.24) is 14.8 Å². The van der Waals surface area contributed by atoms with E-state index in [9.17, 15) is 9.59 Å². The molecule has 1 aromatic heterocycles. The van der Waals surface area contributed by atoms with E-state index in [1.54, 1.807) is 24.4 Å². The van der Waals surface area contributed by atoms with Crippen LogP contribution in [0.4, 0.5) is 5.69 Å². The number of para-hydroxylation sites is 1. The lowest BCUT2D eigenvalue weighted by Gasteiger charge is -2.27. The normalized spacial score (nSPS) is 17.1. The van der Waals surface area contributed by atoms with E-state index < -0.39 is 6.04 Å². The van der Waals surface area contributed by atoms with Crippen molar-refractivity contribution in [3.63, 3.8) is 0 Å². The molecule has 0 spiro atoms. The van der Waals surface area contributed by atoms with Gasteiger partial charge >= 0.3 is 0 Å². The van der Waals surface area contributed by atoms with Crippen LogP contribution in [0.15, 0.2) is 79.0 Å². The summed E-state index contributed by atoms with van der Waals surface area (Å²) in [5, 5.41) is 4.85. The third-order valence-corrected chi connectivity index (χ3v) is 7.12. The molecule has 1 fully saturated rings. The first kappa shape index (κ1) is 23.3. The Morgan fingerprint density at radius 2 is 1.73 bits per heavy atom. The number of nitrogens with one attached hydrogen (secondary N) is 1. The van der Waals surface area contributed by atoms with Gasteiger partial charge in [-0.2, -0.15) is 0 Å². The zero-order chi connectivity index (χ0) is 25.4. The number of carbonyl (C=O) groups excluding carboxylic acids is 2. The van der Waals surface area contributed by atoms with Gasteiger partial charge in [-0.3, -0.25) is 14.6 Å². The maximum absolute atomic E-state index is 13.9. The van der Waals surface area contributed by atoms with Crippen LogP contribution in [0.25, 0.3) is 10.9 Å². The maximum atomic E-state index is 13.9. The summed E-state index contributed by atoms with van der Waals surface area (Å²) >= 11 is 6.24. The van der Waals surface area contributed by atoms with Crippen LogP contribution in [-0.4, -0.2) is 52.8 Å². The fourth-order valence-electron chi connectivity index (χ4n) is 4.98. The van der Waals surface area contributed by atoms with Gasteiger partial charge in [-0.1, -0.05) is 35.9 Å². The Labute approximate surface area is 219 Å². The highest BCUT2D eigenvalue weighted by atomic mass is 35.5. The van der Waals surface area contributed by atoms with Gasteiger partial charge in [-0.05, 0) is 55.0 Å². The largest absolute Gasteiger partial charge is 0.455 e. The highest BCUT2D eigenvalue weighted by Crippen LogP contribution is 2.41. The summed E-state index contributed by atoms with van der Waals surface area (Å²) in [6.45, 7) is 2.06. The maximum Gasteiger partial charge on any atom is 0.253 e. The van der Waals surface area contributed by atoms with Gasteiger partial charge in [0.1, 0.15) is 11.8 Å². The molecule has 7 nitrogen and oxygen atoms in total. The number of ether oxygens (including phenoxy) is 1. The molecule has 2 aliphatic rings. The second-order valence-corrected chi connectivity index (χ2v) is 9.68. The molecule has 37 heavy (non-hydrogen) atoms. The van der Waals surface area contributed by atoms with Gasteiger partial charge in [0, 0.05) is 53.9 Å². The van der Waals surface area contributed by atoms with E-state index in [0.717, 1.165) is 16.5 Å². The van der Waals surface area contributed by atoms with Crippen molar-refractivity contribution in [3.8, 4) is 11.5 Å². The summed E-state index contributed by atoms with van der Waals surface area (Å²) in [6.07, 6.45) is 2.44. The Morgan fingerprint density at radius 1 is 0.892 bits per heavy atom. The Kier molecular flexibility index (Phi) is 6.14. The first-order valence-corrected chi connectivity index (χ1v) is 12.7. The van der Waals surface area contributed by atoms with Crippen molar-refractivity contribution in [3.05, 3.63) is 95.1 Å². The molecule has 1 unspecified atom stereocenters. The SMILES string of the molecule is O=C(c1ccc2ncccc2c1)N1CCCN(C(=O)C2Nc3cc(Cl)ccc3Oc3ccccc32)CC1.